The largest absolute Gasteiger partial charge is 0.379 e. The summed E-state index contributed by atoms with van der Waals surface area (Å²) in [5, 5.41) is 1.32. The normalized spacial score (nSPS) is 17.3. The third-order valence-electron chi connectivity index (χ3n) is 3.66. The molecule has 1 aliphatic heterocycles. The monoisotopic (exact) mass is 244 g/mol. The zero-order chi connectivity index (χ0) is 12.2. The lowest BCUT2D eigenvalue weighted by molar-refractivity contribution is 0.0375. The van der Waals surface area contributed by atoms with Gasteiger partial charge in [0, 0.05) is 24.8 Å². The van der Waals surface area contributed by atoms with Gasteiger partial charge in [0.15, 0.2) is 0 Å². The van der Waals surface area contributed by atoms with Crippen LogP contribution >= 0.6 is 0 Å². The summed E-state index contributed by atoms with van der Waals surface area (Å²) in [7, 11) is 0. The van der Waals surface area contributed by atoms with Gasteiger partial charge in [-0.2, -0.15) is 0 Å². The summed E-state index contributed by atoms with van der Waals surface area (Å²) in [5.74, 6) is 0. The molecular weight excluding hydrogens is 224 g/mol. The van der Waals surface area contributed by atoms with E-state index in [0.717, 1.165) is 26.3 Å². The third-order valence-corrected chi connectivity index (χ3v) is 3.66. The van der Waals surface area contributed by atoms with Gasteiger partial charge < -0.3 is 9.72 Å². The summed E-state index contributed by atoms with van der Waals surface area (Å²) in [6.07, 6.45) is 4.40. The lowest BCUT2D eigenvalue weighted by Crippen LogP contribution is -2.36. The maximum Gasteiger partial charge on any atom is 0.0594 e. The van der Waals surface area contributed by atoms with E-state index < -0.39 is 0 Å². The van der Waals surface area contributed by atoms with E-state index in [1.807, 2.05) is 6.20 Å². The molecule has 2 aromatic rings. The van der Waals surface area contributed by atoms with E-state index in [4.69, 9.17) is 4.74 Å². The molecule has 18 heavy (non-hydrogen) atoms. The predicted molar refractivity (Wildman–Crippen MR) is 73.9 cm³/mol. The minimum Gasteiger partial charge on any atom is -0.379 e. The molecular formula is C15H20N2O. The number of hydrogen-bond acceptors (Lipinski definition) is 2. The molecule has 1 aliphatic rings. The van der Waals surface area contributed by atoms with Crippen LogP contribution in [0.3, 0.4) is 0 Å². The van der Waals surface area contributed by atoms with E-state index in [0.29, 0.717) is 0 Å². The van der Waals surface area contributed by atoms with Gasteiger partial charge in [0.2, 0.25) is 0 Å². The average molecular weight is 244 g/mol. The number of rotatable bonds is 4. The standard InChI is InChI=1S/C15H20N2O/c1(7-17-8-10-18-11-9-17)2-13-3-4-15-14(12-13)5-6-16-15/h3-6,12,16H,1-2,7-11H2. The highest BCUT2D eigenvalue weighted by atomic mass is 16.5. The minimum atomic E-state index is 0.898. The second-order valence-corrected chi connectivity index (χ2v) is 4.96. The van der Waals surface area contributed by atoms with Gasteiger partial charge in [0.1, 0.15) is 0 Å². The zero-order valence-corrected chi connectivity index (χ0v) is 10.7. The van der Waals surface area contributed by atoms with E-state index in [2.05, 4.69) is 34.1 Å². The van der Waals surface area contributed by atoms with E-state index in [1.165, 1.54) is 35.9 Å². The number of morpholine rings is 1. The van der Waals surface area contributed by atoms with Crippen molar-refractivity contribution in [3.63, 3.8) is 0 Å². The van der Waals surface area contributed by atoms with Crippen LogP contribution < -0.4 is 0 Å². The van der Waals surface area contributed by atoms with E-state index in [-0.39, 0.29) is 0 Å². The highest BCUT2D eigenvalue weighted by Crippen LogP contribution is 2.15. The number of aryl methyl sites for hydroxylation is 1. The molecule has 0 bridgehead atoms. The molecule has 1 saturated heterocycles. The summed E-state index contributed by atoms with van der Waals surface area (Å²) in [4.78, 5) is 5.73. The first-order valence-electron chi connectivity index (χ1n) is 6.78. The molecule has 3 heteroatoms. The van der Waals surface area contributed by atoms with Crippen molar-refractivity contribution in [1.29, 1.82) is 0 Å². The van der Waals surface area contributed by atoms with Crippen molar-refractivity contribution >= 4 is 10.9 Å². The van der Waals surface area contributed by atoms with Crippen molar-refractivity contribution in [3.05, 3.63) is 36.0 Å². The van der Waals surface area contributed by atoms with Gasteiger partial charge in [-0.25, -0.2) is 0 Å². The highest BCUT2D eigenvalue weighted by Gasteiger charge is 2.09. The quantitative estimate of drug-likeness (QED) is 0.894. The molecule has 1 fully saturated rings. The Labute approximate surface area is 108 Å². The van der Waals surface area contributed by atoms with Gasteiger partial charge in [0.25, 0.3) is 0 Å². The lowest BCUT2D eigenvalue weighted by Gasteiger charge is -2.26. The zero-order valence-electron chi connectivity index (χ0n) is 10.7. The fraction of sp³-hybridized carbons (Fsp3) is 0.467. The van der Waals surface area contributed by atoms with Gasteiger partial charge >= 0.3 is 0 Å². The van der Waals surface area contributed by atoms with Crippen LogP contribution in [-0.2, 0) is 11.2 Å². The Morgan fingerprint density at radius 3 is 2.94 bits per heavy atom. The summed E-state index contributed by atoms with van der Waals surface area (Å²) in [6, 6.07) is 8.85. The first kappa shape index (κ1) is 11.8. The molecule has 1 aromatic carbocycles. The topological polar surface area (TPSA) is 28.3 Å². The van der Waals surface area contributed by atoms with Crippen molar-refractivity contribution in [2.75, 3.05) is 32.8 Å². The first-order valence-corrected chi connectivity index (χ1v) is 6.78. The fourth-order valence-corrected chi connectivity index (χ4v) is 2.59. The summed E-state index contributed by atoms with van der Waals surface area (Å²) in [5.41, 5.74) is 2.67. The van der Waals surface area contributed by atoms with Crippen LogP contribution in [0, 0.1) is 0 Å². The maximum absolute atomic E-state index is 5.36. The number of aromatic nitrogens is 1. The molecule has 0 saturated carbocycles. The Bertz CT molecular complexity index is 500. The lowest BCUT2D eigenvalue weighted by atomic mass is 10.1. The van der Waals surface area contributed by atoms with E-state index in [9.17, 15) is 0 Å². The Balaban J connectivity index is 1.52. The van der Waals surface area contributed by atoms with Crippen molar-refractivity contribution in [2.45, 2.75) is 12.8 Å². The Kier molecular flexibility index (Phi) is 3.62. The van der Waals surface area contributed by atoms with Crippen LogP contribution in [-0.4, -0.2) is 42.7 Å². The number of fused-ring (bicyclic) bond motifs is 1. The van der Waals surface area contributed by atoms with Gasteiger partial charge in [-0.15, -0.1) is 0 Å². The number of H-pyrrole nitrogens is 1. The van der Waals surface area contributed by atoms with Crippen molar-refractivity contribution in [3.8, 4) is 0 Å². The van der Waals surface area contributed by atoms with Gasteiger partial charge in [-0.3, -0.25) is 4.90 Å². The van der Waals surface area contributed by atoms with Gasteiger partial charge in [0.05, 0.1) is 13.2 Å². The molecule has 96 valence electrons. The van der Waals surface area contributed by atoms with E-state index in [1.54, 1.807) is 0 Å². The second-order valence-electron chi connectivity index (χ2n) is 4.96. The van der Waals surface area contributed by atoms with Crippen LogP contribution in [0.5, 0.6) is 0 Å². The van der Waals surface area contributed by atoms with Gasteiger partial charge in [-0.1, -0.05) is 6.07 Å². The van der Waals surface area contributed by atoms with Crippen LogP contribution in [0.2, 0.25) is 0 Å². The van der Waals surface area contributed by atoms with E-state index >= 15 is 0 Å². The number of ether oxygens (including phenoxy) is 1. The number of benzene rings is 1. The summed E-state index contributed by atoms with van der Waals surface area (Å²) < 4.78 is 5.36. The molecule has 0 radical (unpaired) electrons. The predicted octanol–water partition coefficient (Wildman–Crippen LogP) is 2.43. The molecule has 0 amide bonds. The minimum absolute atomic E-state index is 0.898. The van der Waals surface area contributed by atoms with Crippen LogP contribution in [0.1, 0.15) is 12.0 Å². The Morgan fingerprint density at radius 2 is 2.06 bits per heavy atom. The molecule has 1 aromatic heterocycles. The molecule has 0 unspecified atom stereocenters. The summed E-state index contributed by atoms with van der Waals surface area (Å²) in [6.45, 7) is 5.17. The Morgan fingerprint density at radius 1 is 1.17 bits per heavy atom. The van der Waals surface area contributed by atoms with Crippen molar-refractivity contribution < 1.29 is 4.74 Å². The van der Waals surface area contributed by atoms with Crippen LogP contribution in [0.15, 0.2) is 30.5 Å². The molecule has 1 N–H and O–H groups in total. The molecule has 0 spiro atoms. The van der Waals surface area contributed by atoms with Crippen molar-refractivity contribution in [2.24, 2.45) is 0 Å². The number of aromatic amines is 1. The average Bonchev–Trinajstić information content (AvgIpc) is 2.87. The smallest absolute Gasteiger partial charge is 0.0594 e. The maximum atomic E-state index is 5.36. The molecule has 0 aliphatic carbocycles. The third kappa shape index (κ3) is 2.74. The second kappa shape index (κ2) is 5.55. The highest BCUT2D eigenvalue weighted by molar-refractivity contribution is 5.79. The summed E-state index contributed by atoms with van der Waals surface area (Å²) >= 11 is 0. The SMILES string of the molecule is c1cc2cc(CCCN3CCOCC3)ccc2[nH]1. The van der Waals surface area contributed by atoms with Crippen LogP contribution in [0.4, 0.5) is 0 Å². The molecule has 3 nitrogen and oxygen atoms in total. The van der Waals surface area contributed by atoms with Gasteiger partial charge in [-0.05, 0) is 48.5 Å². The van der Waals surface area contributed by atoms with Crippen molar-refractivity contribution in [1.82, 2.24) is 9.88 Å². The first-order chi connectivity index (χ1) is 8.92. The fourth-order valence-electron chi connectivity index (χ4n) is 2.59. The number of nitrogens with one attached hydrogen (secondary N) is 1. The molecule has 0 atom stereocenters. The molecule has 3 rings (SSSR count). The molecule has 2 heterocycles. The number of hydrogen-bond donors (Lipinski definition) is 1. The number of nitrogens with zero attached hydrogens (tertiary/aromatic N) is 1. The van der Waals surface area contributed by atoms with Crippen LogP contribution in [0.25, 0.3) is 10.9 Å². The Hall–Kier alpha value is -1.32.